The van der Waals surface area contributed by atoms with Gasteiger partial charge in [0.1, 0.15) is 4.21 Å². The van der Waals surface area contributed by atoms with Gasteiger partial charge in [-0.15, -0.1) is 11.3 Å². The van der Waals surface area contributed by atoms with Crippen molar-refractivity contribution in [2.24, 2.45) is 16.9 Å². The van der Waals surface area contributed by atoms with Gasteiger partial charge < -0.3 is 10.7 Å². The van der Waals surface area contributed by atoms with E-state index < -0.39 is 10.0 Å². The highest BCUT2D eigenvalue weighted by Gasteiger charge is 2.33. The number of carbonyl (C=O) groups is 1. The summed E-state index contributed by atoms with van der Waals surface area (Å²) in [4.78, 5) is 14.6. The number of halogens is 1. The van der Waals surface area contributed by atoms with Crippen LogP contribution in [0.2, 0.25) is 5.02 Å². The quantitative estimate of drug-likeness (QED) is 0.300. The molecular formula is C22H23ClN4O3S2. The van der Waals surface area contributed by atoms with E-state index in [1.54, 1.807) is 30.2 Å². The number of sulfonamides is 1. The van der Waals surface area contributed by atoms with E-state index in [1.165, 1.54) is 11.3 Å². The molecule has 0 saturated carbocycles. The van der Waals surface area contributed by atoms with Crippen molar-refractivity contribution in [3.05, 3.63) is 64.2 Å². The van der Waals surface area contributed by atoms with Crippen LogP contribution < -0.4 is 10.6 Å². The van der Waals surface area contributed by atoms with Gasteiger partial charge in [0.15, 0.2) is 0 Å². The first-order valence-corrected chi connectivity index (χ1v) is 12.8. The number of carbonyl (C=O) groups excluding carboxylic acids is 1. The highest BCUT2D eigenvalue weighted by molar-refractivity contribution is 7.91. The second-order valence-corrected chi connectivity index (χ2v) is 11.2. The molecular weight excluding hydrogens is 468 g/mol. The number of hydrogen-bond acceptors (Lipinski definition) is 6. The third-order valence-electron chi connectivity index (χ3n) is 5.57. The first-order valence-electron chi connectivity index (χ1n) is 10.1. The van der Waals surface area contributed by atoms with Gasteiger partial charge >= 0.3 is 0 Å². The van der Waals surface area contributed by atoms with Crippen molar-refractivity contribution in [2.75, 3.05) is 13.1 Å². The molecule has 2 aromatic carbocycles. The van der Waals surface area contributed by atoms with Gasteiger partial charge in [-0.05, 0) is 59.7 Å². The Bertz CT molecular complexity index is 1300. The van der Waals surface area contributed by atoms with Crippen LogP contribution in [0.3, 0.4) is 0 Å². The van der Waals surface area contributed by atoms with Crippen LogP contribution in [0.15, 0.2) is 51.8 Å². The van der Waals surface area contributed by atoms with Crippen LogP contribution >= 0.6 is 22.9 Å². The molecule has 1 amide bonds. The van der Waals surface area contributed by atoms with Crippen LogP contribution in [-0.4, -0.2) is 38.5 Å². The molecule has 1 fully saturated rings. The van der Waals surface area contributed by atoms with Crippen LogP contribution in [0.25, 0.3) is 10.1 Å². The zero-order valence-electron chi connectivity index (χ0n) is 17.4. The summed E-state index contributed by atoms with van der Waals surface area (Å²) in [6.07, 6.45) is 2.16. The summed E-state index contributed by atoms with van der Waals surface area (Å²) in [6, 6.07) is 13.0. The lowest BCUT2D eigenvalue weighted by Gasteiger charge is -2.17. The number of amides is 1. The monoisotopic (exact) mass is 490 g/mol. The molecule has 0 radical (unpaired) electrons. The van der Waals surface area contributed by atoms with Crippen molar-refractivity contribution in [3.63, 3.8) is 0 Å². The summed E-state index contributed by atoms with van der Waals surface area (Å²) in [7, 11) is -3.74. The number of aryl methyl sites for hydroxylation is 1. The molecule has 10 heteroatoms. The summed E-state index contributed by atoms with van der Waals surface area (Å²) in [6.45, 7) is 2.90. The Kier molecular flexibility index (Phi) is 6.52. The fourth-order valence-electron chi connectivity index (χ4n) is 3.93. The molecule has 2 heterocycles. The summed E-state index contributed by atoms with van der Waals surface area (Å²) in [5.74, 6) is 4.77. The number of nitrogens with two attached hydrogens (primary N) is 1. The Morgan fingerprint density at radius 3 is 2.91 bits per heavy atom. The summed E-state index contributed by atoms with van der Waals surface area (Å²) >= 11 is 7.27. The number of hydrazone groups is 1. The molecule has 1 aliphatic rings. The first-order chi connectivity index (χ1) is 15.3. The molecule has 0 bridgehead atoms. The van der Waals surface area contributed by atoms with Gasteiger partial charge in [-0.1, -0.05) is 29.8 Å². The number of benzene rings is 2. The fraction of sp³-hybridized carbons (Fsp3) is 0.273. The number of thiophene rings is 1. The zero-order chi connectivity index (χ0) is 22.9. The van der Waals surface area contributed by atoms with Crippen LogP contribution in [0.4, 0.5) is 0 Å². The normalized spacial score (nSPS) is 17.1. The average molecular weight is 491 g/mol. The predicted octanol–water partition coefficient (Wildman–Crippen LogP) is 3.48. The predicted molar refractivity (Wildman–Crippen MR) is 129 cm³/mol. The maximum absolute atomic E-state index is 13.0. The second-order valence-electron chi connectivity index (χ2n) is 7.78. The lowest BCUT2D eigenvalue weighted by Crippen LogP contribution is -2.34. The molecule has 1 aromatic heterocycles. The second kappa shape index (κ2) is 9.19. The first kappa shape index (κ1) is 22.7. The Morgan fingerprint density at radius 2 is 2.12 bits per heavy atom. The van der Waals surface area contributed by atoms with Crippen molar-refractivity contribution >= 4 is 55.2 Å². The van der Waals surface area contributed by atoms with Gasteiger partial charge in [0.25, 0.3) is 0 Å². The number of rotatable bonds is 7. The highest BCUT2D eigenvalue weighted by atomic mass is 35.5. The van der Waals surface area contributed by atoms with Crippen LogP contribution in [0.5, 0.6) is 0 Å². The van der Waals surface area contributed by atoms with E-state index in [0.29, 0.717) is 30.1 Å². The van der Waals surface area contributed by atoms with Crippen LogP contribution in [0.1, 0.15) is 23.1 Å². The standard InChI is InChI=1S/C22H23ClN4O3S2/c1-14-19-10-18(23)5-6-20(19)31-22(14)32(29,30)26-12-17-7-8-27(21(17)28)13-16-4-2-3-15(9-16)11-25-24/h2-6,9-11,17,26H,7-8,12-13,24H2,1H3/t17-/m0/s1. The molecule has 168 valence electrons. The Morgan fingerprint density at radius 1 is 1.31 bits per heavy atom. The lowest BCUT2D eigenvalue weighted by atomic mass is 10.1. The van der Waals surface area contributed by atoms with E-state index >= 15 is 0 Å². The van der Waals surface area contributed by atoms with E-state index in [2.05, 4.69) is 9.82 Å². The van der Waals surface area contributed by atoms with Gasteiger partial charge in [-0.25, -0.2) is 13.1 Å². The Balaban J connectivity index is 1.42. The molecule has 1 atom stereocenters. The van der Waals surface area contributed by atoms with Gasteiger partial charge in [0.2, 0.25) is 15.9 Å². The van der Waals surface area contributed by atoms with Gasteiger partial charge in [-0.2, -0.15) is 5.10 Å². The van der Waals surface area contributed by atoms with Crippen molar-refractivity contribution in [3.8, 4) is 0 Å². The average Bonchev–Trinajstić information content (AvgIpc) is 3.27. The van der Waals surface area contributed by atoms with Crippen molar-refractivity contribution in [1.29, 1.82) is 0 Å². The van der Waals surface area contributed by atoms with Gasteiger partial charge in [0.05, 0.1) is 12.1 Å². The third kappa shape index (κ3) is 4.66. The summed E-state index contributed by atoms with van der Waals surface area (Å²) in [5, 5.41) is 4.92. The largest absolute Gasteiger partial charge is 0.338 e. The molecule has 3 N–H and O–H groups in total. The van der Waals surface area contributed by atoms with Gasteiger partial charge in [-0.3, -0.25) is 4.79 Å². The maximum Gasteiger partial charge on any atom is 0.250 e. The molecule has 0 spiro atoms. The zero-order valence-corrected chi connectivity index (χ0v) is 19.8. The summed E-state index contributed by atoms with van der Waals surface area (Å²) in [5.41, 5.74) is 2.50. The molecule has 4 rings (SSSR count). The Labute approximate surface area is 195 Å². The van der Waals surface area contributed by atoms with Crippen molar-refractivity contribution in [2.45, 2.75) is 24.1 Å². The van der Waals surface area contributed by atoms with Crippen molar-refractivity contribution in [1.82, 2.24) is 9.62 Å². The van der Waals surface area contributed by atoms with Gasteiger partial charge in [0, 0.05) is 29.4 Å². The van der Waals surface area contributed by atoms with E-state index in [9.17, 15) is 13.2 Å². The SMILES string of the molecule is Cc1c(S(=O)(=O)NC[C@@H]2CCN(Cc3cccc(C=NN)c3)C2=O)sc2ccc(Cl)cc12. The maximum atomic E-state index is 13.0. The highest BCUT2D eigenvalue weighted by Crippen LogP contribution is 2.35. The minimum atomic E-state index is -3.74. The number of hydrogen-bond donors (Lipinski definition) is 2. The smallest absolute Gasteiger partial charge is 0.250 e. The lowest BCUT2D eigenvalue weighted by molar-refractivity contribution is -0.131. The summed E-state index contributed by atoms with van der Waals surface area (Å²) < 4.78 is 29.7. The van der Waals surface area contributed by atoms with E-state index in [4.69, 9.17) is 17.4 Å². The van der Waals surface area contributed by atoms with E-state index in [0.717, 1.165) is 21.2 Å². The number of fused-ring (bicyclic) bond motifs is 1. The molecule has 7 nitrogen and oxygen atoms in total. The van der Waals surface area contributed by atoms with Crippen LogP contribution in [-0.2, 0) is 21.4 Å². The number of nitrogens with one attached hydrogen (secondary N) is 1. The third-order valence-corrected chi connectivity index (χ3v) is 9.13. The molecule has 0 unspecified atom stereocenters. The van der Waals surface area contributed by atoms with Crippen LogP contribution in [0, 0.1) is 12.8 Å². The van der Waals surface area contributed by atoms with Crippen molar-refractivity contribution < 1.29 is 13.2 Å². The molecule has 32 heavy (non-hydrogen) atoms. The molecule has 1 saturated heterocycles. The number of nitrogens with zero attached hydrogens (tertiary/aromatic N) is 2. The minimum absolute atomic E-state index is 0.0505. The number of likely N-dealkylation sites (tertiary alicyclic amines) is 1. The molecule has 1 aliphatic heterocycles. The van der Waals surface area contributed by atoms with E-state index in [-0.39, 0.29) is 22.6 Å². The minimum Gasteiger partial charge on any atom is -0.338 e. The fourth-order valence-corrected chi connectivity index (χ4v) is 6.97. The van der Waals surface area contributed by atoms with E-state index in [1.807, 2.05) is 30.3 Å². The molecule has 3 aromatic rings. The molecule has 0 aliphatic carbocycles. The Hall–Kier alpha value is -2.46. The topological polar surface area (TPSA) is 105 Å².